The van der Waals surface area contributed by atoms with Crippen molar-refractivity contribution in [3.8, 4) is 0 Å². The highest BCUT2D eigenvalue weighted by atomic mass is 32.1. The van der Waals surface area contributed by atoms with Crippen molar-refractivity contribution in [1.29, 1.82) is 0 Å². The molecule has 0 amide bonds. The van der Waals surface area contributed by atoms with Crippen molar-refractivity contribution in [2.45, 2.75) is 13.0 Å². The van der Waals surface area contributed by atoms with Crippen LogP contribution in [0.4, 0.5) is 0 Å². The Kier molecular flexibility index (Phi) is 7.98. The molecule has 84 valence electrons. The lowest BCUT2D eigenvalue weighted by Crippen LogP contribution is -2.40. The number of hydrogen-bond acceptors (Lipinski definition) is 4. The van der Waals surface area contributed by atoms with Crippen molar-refractivity contribution in [3.05, 3.63) is 0 Å². The van der Waals surface area contributed by atoms with Gasteiger partial charge in [-0.25, -0.2) is 0 Å². The van der Waals surface area contributed by atoms with Crippen molar-refractivity contribution in [2.75, 3.05) is 40.5 Å². The van der Waals surface area contributed by atoms with E-state index < -0.39 is 0 Å². The van der Waals surface area contributed by atoms with Gasteiger partial charge in [0.15, 0.2) is 0 Å². The van der Waals surface area contributed by atoms with Crippen LogP contribution in [0, 0.1) is 0 Å². The Morgan fingerprint density at radius 1 is 1.43 bits per heavy atom. The minimum absolute atomic E-state index is 0.121. The normalized spacial score (nSPS) is 13.1. The zero-order valence-electron chi connectivity index (χ0n) is 9.16. The van der Waals surface area contributed by atoms with Gasteiger partial charge >= 0.3 is 0 Å². The highest BCUT2D eigenvalue weighted by molar-refractivity contribution is 7.80. The number of thiocarbonyl (C=S) groups is 1. The van der Waals surface area contributed by atoms with Crippen LogP contribution in [0.25, 0.3) is 0 Å². The van der Waals surface area contributed by atoms with E-state index in [1.165, 1.54) is 0 Å². The predicted molar refractivity (Wildman–Crippen MR) is 61.6 cm³/mol. The first kappa shape index (κ1) is 13.8. The van der Waals surface area contributed by atoms with Crippen LogP contribution < -0.4 is 5.73 Å². The molecule has 0 aromatic heterocycles. The lowest BCUT2D eigenvalue weighted by Gasteiger charge is -2.23. The summed E-state index contributed by atoms with van der Waals surface area (Å²) in [6.07, 6.45) is 0. The summed E-state index contributed by atoms with van der Waals surface area (Å²) < 4.78 is 10.2. The maximum atomic E-state index is 5.52. The van der Waals surface area contributed by atoms with Gasteiger partial charge < -0.3 is 15.2 Å². The van der Waals surface area contributed by atoms with Gasteiger partial charge in [-0.05, 0) is 14.0 Å². The van der Waals surface area contributed by atoms with Gasteiger partial charge in [-0.15, -0.1) is 0 Å². The van der Waals surface area contributed by atoms with Gasteiger partial charge in [0, 0.05) is 13.7 Å². The van der Waals surface area contributed by atoms with Crippen LogP contribution in [-0.4, -0.2) is 56.5 Å². The number of rotatable bonds is 8. The zero-order valence-corrected chi connectivity index (χ0v) is 9.97. The van der Waals surface area contributed by atoms with Crippen molar-refractivity contribution in [1.82, 2.24) is 4.90 Å². The number of likely N-dealkylation sites (N-methyl/N-ethyl adjacent to an activating group) is 1. The van der Waals surface area contributed by atoms with Gasteiger partial charge in [-0.3, -0.25) is 4.90 Å². The summed E-state index contributed by atoms with van der Waals surface area (Å²) in [7, 11) is 3.63. The monoisotopic (exact) mass is 220 g/mol. The summed E-state index contributed by atoms with van der Waals surface area (Å²) in [6, 6.07) is 0.121. The molecular weight excluding hydrogens is 200 g/mol. The molecule has 0 aliphatic rings. The topological polar surface area (TPSA) is 47.7 Å². The number of nitrogens with zero attached hydrogens (tertiary/aromatic N) is 1. The molecule has 0 aliphatic heterocycles. The molecule has 0 spiro atoms. The quantitative estimate of drug-likeness (QED) is 0.469. The molecule has 0 saturated carbocycles. The van der Waals surface area contributed by atoms with E-state index in [1.807, 2.05) is 14.0 Å². The van der Waals surface area contributed by atoms with Crippen LogP contribution in [0.15, 0.2) is 0 Å². The molecule has 5 heteroatoms. The lowest BCUT2D eigenvalue weighted by molar-refractivity contribution is 0.0592. The largest absolute Gasteiger partial charge is 0.392 e. The maximum Gasteiger partial charge on any atom is 0.0899 e. The molecule has 0 aromatic rings. The molecule has 0 saturated heterocycles. The third kappa shape index (κ3) is 6.26. The Bertz CT molecular complexity index is 167. The smallest absolute Gasteiger partial charge is 0.0899 e. The summed E-state index contributed by atoms with van der Waals surface area (Å²) in [6.45, 7) is 4.74. The molecule has 0 aromatic carbocycles. The predicted octanol–water partition coefficient (Wildman–Crippen LogP) is 0.256. The minimum atomic E-state index is 0.121. The number of methoxy groups -OCH3 is 1. The van der Waals surface area contributed by atoms with Gasteiger partial charge in [0.1, 0.15) is 0 Å². The van der Waals surface area contributed by atoms with Crippen molar-refractivity contribution in [3.63, 3.8) is 0 Å². The van der Waals surface area contributed by atoms with E-state index in [4.69, 9.17) is 27.4 Å². The molecule has 0 heterocycles. The summed E-state index contributed by atoms with van der Waals surface area (Å²) in [5, 5.41) is 0. The van der Waals surface area contributed by atoms with Crippen LogP contribution in [-0.2, 0) is 9.47 Å². The van der Waals surface area contributed by atoms with E-state index in [2.05, 4.69) is 4.90 Å². The van der Waals surface area contributed by atoms with Gasteiger partial charge in [0.2, 0.25) is 0 Å². The van der Waals surface area contributed by atoms with Gasteiger partial charge in [-0.2, -0.15) is 0 Å². The third-order valence-electron chi connectivity index (χ3n) is 2.09. The standard InChI is InChI=1S/C9H20N2O2S/c1-8(9(10)14)11(2)4-5-13-7-6-12-3/h8H,4-7H2,1-3H3,(H2,10,14). The maximum absolute atomic E-state index is 5.52. The van der Waals surface area contributed by atoms with E-state index in [0.29, 0.717) is 24.8 Å². The van der Waals surface area contributed by atoms with Crippen LogP contribution in [0.5, 0.6) is 0 Å². The van der Waals surface area contributed by atoms with Gasteiger partial charge in [0.05, 0.1) is 30.9 Å². The first-order valence-electron chi connectivity index (χ1n) is 4.65. The number of hydrogen-bond donors (Lipinski definition) is 1. The van der Waals surface area contributed by atoms with Crippen molar-refractivity contribution < 1.29 is 9.47 Å². The van der Waals surface area contributed by atoms with E-state index >= 15 is 0 Å². The van der Waals surface area contributed by atoms with E-state index in [-0.39, 0.29) is 6.04 Å². The average Bonchev–Trinajstić information content (AvgIpc) is 2.16. The SMILES string of the molecule is COCCOCCN(C)C(C)C(N)=S. The van der Waals surface area contributed by atoms with Crippen LogP contribution in [0.1, 0.15) is 6.92 Å². The molecular formula is C9H20N2O2S. The molecule has 1 atom stereocenters. The first-order chi connectivity index (χ1) is 6.59. The molecule has 0 fully saturated rings. The molecule has 0 aliphatic carbocycles. The fourth-order valence-electron chi connectivity index (χ4n) is 0.864. The molecule has 14 heavy (non-hydrogen) atoms. The summed E-state index contributed by atoms with van der Waals surface area (Å²) >= 11 is 4.89. The highest BCUT2D eigenvalue weighted by Gasteiger charge is 2.10. The Morgan fingerprint density at radius 3 is 2.57 bits per heavy atom. The second-order valence-corrected chi connectivity index (χ2v) is 3.64. The Balaban J connectivity index is 3.43. The van der Waals surface area contributed by atoms with E-state index in [0.717, 1.165) is 6.54 Å². The molecule has 0 rings (SSSR count). The van der Waals surface area contributed by atoms with Crippen molar-refractivity contribution >= 4 is 17.2 Å². The number of nitrogens with two attached hydrogens (primary N) is 1. The van der Waals surface area contributed by atoms with E-state index in [1.54, 1.807) is 7.11 Å². The van der Waals surface area contributed by atoms with Gasteiger partial charge in [-0.1, -0.05) is 12.2 Å². The molecule has 0 bridgehead atoms. The summed E-state index contributed by atoms with van der Waals surface area (Å²) in [5.41, 5.74) is 5.52. The van der Waals surface area contributed by atoms with Crippen LogP contribution in [0.2, 0.25) is 0 Å². The minimum Gasteiger partial charge on any atom is -0.392 e. The number of ether oxygens (including phenoxy) is 2. The fourth-order valence-corrected chi connectivity index (χ4v) is 1.04. The Morgan fingerprint density at radius 2 is 2.07 bits per heavy atom. The second kappa shape index (κ2) is 8.11. The third-order valence-corrected chi connectivity index (χ3v) is 2.43. The molecule has 0 radical (unpaired) electrons. The van der Waals surface area contributed by atoms with Crippen molar-refractivity contribution in [2.24, 2.45) is 5.73 Å². The van der Waals surface area contributed by atoms with Gasteiger partial charge in [0.25, 0.3) is 0 Å². The summed E-state index contributed by atoms with van der Waals surface area (Å²) in [5.74, 6) is 0. The highest BCUT2D eigenvalue weighted by Crippen LogP contribution is 1.95. The molecule has 1 unspecified atom stereocenters. The second-order valence-electron chi connectivity index (χ2n) is 3.16. The molecule has 2 N–H and O–H groups in total. The van der Waals surface area contributed by atoms with Crippen LogP contribution >= 0.6 is 12.2 Å². The molecule has 4 nitrogen and oxygen atoms in total. The first-order valence-corrected chi connectivity index (χ1v) is 5.06. The Hall–Kier alpha value is -0.230. The Labute approximate surface area is 91.3 Å². The lowest BCUT2D eigenvalue weighted by atomic mass is 10.3. The zero-order chi connectivity index (χ0) is 11.0. The van der Waals surface area contributed by atoms with E-state index in [9.17, 15) is 0 Å². The average molecular weight is 220 g/mol. The van der Waals surface area contributed by atoms with Crippen LogP contribution in [0.3, 0.4) is 0 Å². The fraction of sp³-hybridized carbons (Fsp3) is 0.889. The summed E-state index contributed by atoms with van der Waals surface area (Å²) in [4.78, 5) is 2.58.